The van der Waals surface area contributed by atoms with E-state index in [0.717, 1.165) is 58.3 Å². The van der Waals surface area contributed by atoms with Gasteiger partial charge in [-0.15, -0.1) is 0 Å². The summed E-state index contributed by atoms with van der Waals surface area (Å²) in [4.78, 5) is 0. The lowest BCUT2D eigenvalue weighted by Crippen LogP contribution is -2.52. The maximum Gasteiger partial charge on any atom is 0.679 e. The summed E-state index contributed by atoms with van der Waals surface area (Å²) in [6, 6.07) is 0. The lowest BCUT2D eigenvalue weighted by molar-refractivity contribution is -0.0736. The Labute approximate surface area is 145 Å². The topological polar surface area (TPSA) is 64.6 Å². The summed E-state index contributed by atoms with van der Waals surface area (Å²) in [5.74, 6) is 0. The van der Waals surface area contributed by atoms with E-state index >= 15 is 0 Å². The van der Waals surface area contributed by atoms with E-state index in [1.54, 1.807) is 7.11 Å². The van der Waals surface area contributed by atoms with E-state index < -0.39 is 9.05 Å². The third kappa shape index (κ3) is 5.47. The van der Waals surface area contributed by atoms with E-state index in [2.05, 4.69) is 0 Å². The van der Waals surface area contributed by atoms with Crippen LogP contribution in [0, 0.1) is 0 Å². The van der Waals surface area contributed by atoms with E-state index in [1.165, 1.54) is 0 Å². The van der Waals surface area contributed by atoms with E-state index in [1.807, 2.05) is 0 Å². The molecule has 3 atom stereocenters. The molecule has 24 heavy (non-hydrogen) atoms. The van der Waals surface area contributed by atoms with Gasteiger partial charge in [0.15, 0.2) is 0 Å². The lowest BCUT2D eigenvalue weighted by Gasteiger charge is -2.29. The zero-order valence-corrected chi connectivity index (χ0v) is 15.6. The molecule has 0 aliphatic carbocycles. The zero-order chi connectivity index (χ0) is 16.7. The van der Waals surface area contributed by atoms with Crippen molar-refractivity contribution in [3.8, 4) is 0 Å². The molecule has 140 valence electrons. The number of ether oxygens (including phenoxy) is 3. The Hall–Kier alpha value is -0.0631. The standard InChI is InChI=1S/C16H30O7Si/c1-17-24(21-11-14-5-2-8-18-14,22-12-15-6-3-9-19-15)23-13-16-7-4-10-20-16/h14-16H,2-13H2,1H3. The minimum atomic E-state index is -3.21. The van der Waals surface area contributed by atoms with Crippen molar-refractivity contribution in [3.63, 3.8) is 0 Å². The maximum absolute atomic E-state index is 6.02. The molecule has 0 aromatic carbocycles. The molecule has 0 spiro atoms. The first-order valence-corrected chi connectivity index (χ1v) is 10.7. The molecular formula is C16H30O7Si. The fourth-order valence-electron chi connectivity index (χ4n) is 3.21. The molecule has 7 nitrogen and oxygen atoms in total. The van der Waals surface area contributed by atoms with E-state index in [9.17, 15) is 0 Å². The molecule has 8 heteroatoms. The van der Waals surface area contributed by atoms with Gasteiger partial charge in [-0.05, 0) is 38.5 Å². The predicted octanol–water partition coefficient (Wildman–Crippen LogP) is 1.66. The molecule has 0 bridgehead atoms. The van der Waals surface area contributed by atoms with Crippen LogP contribution in [0.3, 0.4) is 0 Å². The van der Waals surface area contributed by atoms with E-state index in [4.69, 9.17) is 31.9 Å². The van der Waals surface area contributed by atoms with Crippen LogP contribution in [-0.2, 0) is 31.9 Å². The zero-order valence-electron chi connectivity index (χ0n) is 14.6. The minimum Gasteiger partial charge on any atom is -0.376 e. The normalized spacial score (nSPS) is 33.1. The van der Waals surface area contributed by atoms with Crippen LogP contribution in [0.1, 0.15) is 38.5 Å². The molecule has 0 aromatic heterocycles. The monoisotopic (exact) mass is 362 g/mol. The van der Waals surface area contributed by atoms with E-state index in [-0.39, 0.29) is 18.3 Å². The van der Waals surface area contributed by atoms with Gasteiger partial charge < -0.3 is 31.9 Å². The third-order valence-corrected chi connectivity index (χ3v) is 6.72. The molecule has 3 aliphatic heterocycles. The van der Waals surface area contributed by atoms with Crippen molar-refractivity contribution in [2.75, 3.05) is 46.8 Å². The molecule has 3 rings (SSSR count). The van der Waals surface area contributed by atoms with Crippen molar-refractivity contribution in [1.82, 2.24) is 0 Å². The van der Waals surface area contributed by atoms with Gasteiger partial charge in [-0.25, -0.2) is 0 Å². The summed E-state index contributed by atoms with van der Waals surface area (Å²) in [7, 11) is -1.62. The SMILES string of the molecule is CO[Si](OCC1CCCO1)(OCC1CCCO1)OCC1CCCO1. The molecule has 0 N–H and O–H groups in total. The van der Waals surface area contributed by atoms with Gasteiger partial charge in [-0.3, -0.25) is 0 Å². The summed E-state index contributed by atoms with van der Waals surface area (Å²) < 4.78 is 40.6. The van der Waals surface area contributed by atoms with Gasteiger partial charge in [0.2, 0.25) is 0 Å². The summed E-state index contributed by atoms with van der Waals surface area (Å²) in [5, 5.41) is 0. The first kappa shape index (κ1) is 18.7. The van der Waals surface area contributed by atoms with Gasteiger partial charge in [-0.2, -0.15) is 0 Å². The molecule has 3 saturated heterocycles. The molecule has 0 amide bonds. The molecule has 0 aromatic rings. The number of rotatable bonds is 10. The molecule has 0 radical (unpaired) electrons. The fourth-order valence-corrected chi connectivity index (χ4v) is 4.99. The van der Waals surface area contributed by atoms with Crippen LogP contribution < -0.4 is 0 Å². The quantitative estimate of drug-likeness (QED) is 0.548. The van der Waals surface area contributed by atoms with Crippen LogP contribution in [-0.4, -0.2) is 74.1 Å². The third-order valence-electron chi connectivity index (χ3n) is 4.66. The van der Waals surface area contributed by atoms with Gasteiger partial charge in [0.25, 0.3) is 0 Å². The Kier molecular flexibility index (Phi) is 7.48. The average Bonchev–Trinajstić information content (AvgIpc) is 3.37. The van der Waals surface area contributed by atoms with Crippen LogP contribution in [0.15, 0.2) is 0 Å². The van der Waals surface area contributed by atoms with Crippen molar-refractivity contribution >= 4 is 9.05 Å². The predicted molar refractivity (Wildman–Crippen MR) is 87.5 cm³/mol. The second kappa shape index (κ2) is 9.58. The van der Waals surface area contributed by atoms with Crippen molar-refractivity contribution in [3.05, 3.63) is 0 Å². The molecule has 3 aliphatic rings. The van der Waals surface area contributed by atoms with Crippen LogP contribution in [0.2, 0.25) is 0 Å². The Morgan fingerprint density at radius 2 is 1.08 bits per heavy atom. The van der Waals surface area contributed by atoms with Crippen molar-refractivity contribution in [1.29, 1.82) is 0 Å². The average molecular weight is 362 g/mol. The van der Waals surface area contributed by atoms with Gasteiger partial charge in [0.1, 0.15) is 0 Å². The molecule has 0 saturated carbocycles. The fraction of sp³-hybridized carbons (Fsp3) is 1.00. The van der Waals surface area contributed by atoms with Gasteiger partial charge in [-0.1, -0.05) is 0 Å². The van der Waals surface area contributed by atoms with Gasteiger partial charge in [0, 0.05) is 26.9 Å². The van der Waals surface area contributed by atoms with Crippen LogP contribution in [0.4, 0.5) is 0 Å². The van der Waals surface area contributed by atoms with Gasteiger partial charge in [0.05, 0.1) is 38.1 Å². The highest BCUT2D eigenvalue weighted by molar-refractivity contribution is 6.53. The first-order valence-electron chi connectivity index (χ1n) is 9.11. The largest absolute Gasteiger partial charge is 0.679 e. The Morgan fingerprint density at radius 3 is 1.33 bits per heavy atom. The Morgan fingerprint density at radius 1 is 0.708 bits per heavy atom. The Bertz CT molecular complexity index is 302. The van der Waals surface area contributed by atoms with Crippen LogP contribution >= 0.6 is 0 Å². The molecule has 3 unspecified atom stereocenters. The summed E-state index contributed by atoms with van der Waals surface area (Å²) in [5.41, 5.74) is 0. The highest BCUT2D eigenvalue weighted by atomic mass is 28.4. The molecule has 3 fully saturated rings. The second-order valence-corrected chi connectivity index (χ2v) is 8.82. The minimum absolute atomic E-state index is 0.102. The smallest absolute Gasteiger partial charge is 0.376 e. The second-order valence-electron chi connectivity index (χ2n) is 6.54. The number of hydrogen-bond acceptors (Lipinski definition) is 7. The summed E-state index contributed by atoms with van der Waals surface area (Å²) in [6.45, 7) is 3.71. The van der Waals surface area contributed by atoms with Crippen molar-refractivity contribution in [2.24, 2.45) is 0 Å². The Balaban J connectivity index is 1.52. The lowest BCUT2D eigenvalue weighted by atomic mass is 10.2. The van der Waals surface area contributed by atoms with Crippen LogP contribution in [0.25, 0.3) is 0 Å². The summed E-state index contributed by atoms with van der Waals surface area (Å²) >= 11 is 0. The van der Waals surface area contributed by atoms with E-state index in [0.29, 0.717) is 19.8 Å². The molecule has 3 heterocycles. The van der Waals surface area contributed by atoms with Gasteiger partial charge >= 0.3 is 9.05 Å². The van der Waals surface area contributed by atoms with Crippen molar-refractivity contribution in [2.45, 2.75) is 56.8 Å². The highest BCUT2D eigenvalue weighted by Gasteiger charge is 2.47. The highest BCUT2D eigenvalue weighted by Crippen LogP contribution is 2.21. The number of hydrogen-bond donors (Lipinski definition) is 0. The molecular weight excluding hydrogens is 332 g/mol. The summed E-state index contributed by atoms with van der Waals surface area (Å²) in [6.07, 6.45) is 6.54. The first-order chi connectivity index (χ1) is 11.8. The van der Waals surface area contributed by atoms with Crippen LogP contribution in [0.5, 0.6) is 0 Å². The van der Waals surface area contributed by atoms with Crippen molar-refractivity contribution < 1.29 is 31.9 Å². The maximum atomic E-state index is 6.02.